The van der Waals surface area contributed by atoms with Crippen molar-refractivity contribution < 1.29 is 14.5 Å². The lowest BCUT2D eigenvalue weighted by Crippen LogP contribution is -2.12. The zero-order valence-electron chi connectivity index (χ0n) is 10.9. The van der Waals surface area contributed by atoms with E-state index in [9.17, 15) is 14.9 Å². The second-order valence-corrected chi connectivity index (χ2v) is 4.78. The topological polar surface area (TPSA) is 94.4 Å². The van der Waals surface area contributed by atoms with Crippen molar-refractivity contribution >= 4 is 33.2 Å². The van der Waals surface area contributed by atoms with Gasteiger partial charge in [0.2, 0.25) is 0 Å². The third-order valence-electron chi connectivity index (χ3n) is 2.62. The first-order valence-electron chi connectivity index (χ1n) is 5.76. The van der Waals surface area contributed by atoms with Gasteiger partial charge in [-0.1, -0.05) is 0 Å². The summed E-state index contributed by atoms with van der Waals surface area (Å²) in [5, 5.41) is 13.5. The molecule has 21 heavy (non-hydrogen) atoms. The summed E-state index contributed by atoms with van der Waals surface area (Å²) in [7, 11) is 1.34. The van der Waals surface area contributed by atoms with Gasteiger partial charge in [-0.05, 0) is 40.2 Å². The minimum Gasteiger partial charge on any atom is -0.490 e. The Morgan fingerprint density at radius 1 is 1.38 bits per heavy atom. The van der Waals surface area contributed by atoms with Crippen LogP contribution >= 0.6 is 15.9 Å². The highest BCUT2D eigenvalue weighted by atomic mass is 79.9. The molecule has 0 aliphatic carbocycles. The molecule has 0 aliphatic rings. The molecule has 0 radical (unpaired) electrons. The van der Waals surface area contributed by atoms with Gasteiger partial charge in [0, 0.05) is 18.0 Å². The number of nitro groups is 1. The lowest BCUT2D eigenvalue weighted by molar-refractivity contribution is -0.385. The molecular weight excluding hydrogens is 342 g/mol. The Morgan fingerprint density at radius 2 is 2.14 bits per heavy atom. The van der Waals surface area contributed by atoms with Crippen LogP contribution in [-0.4, -0.2) is 22.9 Å². The van der Waals surface area contributed by atoms with Crippen molar-refractivity contribution in [3.8, 4) is 5.75 Å². The molecule has 1 aromatic carbocycles. The number of hydrogen-bond donors (Lipinski definition) is 1. The van der Waals surface area contributed by atoms with Crippen LogP contribution in [0.2, 0.25) is 0 Å². The summed E-state index contributed by atoms with van der Waals surface area (Å²) >= 11 is 3.17. The van der Waals surface area contributed by atoms with E-state index in [1.807, 2.05) is 0 Å². The summed E-state index contributed by atoms with van der Waals surface area (Å²) in [5.74, 6) is -0.280. The highest BCUT2D eigenvalue weighted by Crippen LogP contribution is 2.29. The van der Waals surface area contributed by atoms with Gasteiger partial charge in [0.05, 0.1) is 17.6 Å². The van der Waals surface area contributed by atoms with Gasteiger partial charge in [0.15, 0.2) is 5.75 Å². The number of ether oxygens (including phenoxy) is 1. The van der Waals surface area contributed by atoms with Crippen LogP contribution in [0.25, 0.3) is 0 Å². The standard InChI is InChI=1S/C13H10BrN3O4/c1-21-11-4-3-9(6-10(11)17(19)20)16-13(18)8-2-5-12(14)15-7-8/h2-7H,1H3,(H,16,18). The van der Waals surface area contributed by atoms with E-state index >= 15 is 0 Å². The Hall–Kier alpha value is -2.48. The first kappa shape index (κ1) is 14.9. The molecular formula is C13H10BrN3O4. The van der Waals surface area contributed by atoms with Crippen LogP contribution in [0.5, 0.6) is 5.75 Å². The molecule has 108 valence electrons. The second-order valence-electron chi connectivity index (χ2n) is 3.97. The van der Waals surface area contributed by atoms with Crippen molar-refractivity contribution in [3.63, 3.8) is 0 Å². The molecule has 1 N–H and O–H groups in total. The van der Waals surface area contributed by atoms with Gasteiger partial charge in [-0.3, -0.25) is 14.9 Å². The molecule has 0 saturated carbocycles. The number of aromatic nitrogens is 1. The molecule has 1 amide bonds. The average Bonchev–Trinajstić information content (AvgIpc) is 2.47. The molecule has 0 saturated heterocycles. The second kappa shape index (κ2) is 6.31. The maximum Gasteiger partial charge on any atom is 0.312 e. The number of nitro benzene ring substituents is 1. The predicted octanol–water partition coefficient (Wildman–Crippen LogP) is 3.01. The number of nitrogens with one attached hydrogen (secondary N) is 1. The maximum absolute atomic E-state index is 12.0. The lowest BCUT2D eigenvalue weighted by atomic mass is 10.2. The van der Waals surface area contributed by atoms with Gasteiger partial charge >= 0.3 is 5.69 Å². The van der Waals surface area contributed by atoms with E-state index in [4.69, 9.17) is 4.74 Å². The number of halogens is 1. The minimum absolute atomic E-state index is 0.128. The number of pyridine rings is 1. The lowest BCUT2D eigenvalue weighted by Gasteiger charge is -2.07. The molecule has 7 nitrogen and oxygen atoms in total. The van der Waals surface area contributed by atoms with Crippen LogP contribution in [0.3, 0.4) is 0 Å². The monoisotopic (exact) mass is 351 g/mol. The Kier molecular flexibility index (Phi) is 4.49. The third kappa shape index (κ3) is 3.54. The number of carbonyl (C=O) groups excluding carboxylic acids is 1. The maximum atomic E-state index is 12.0. The number of carbonyl (C=O) groups is 1. The van der Waals surface area contributed by atoms with Crippen molar-refractivity contribution in [2.24, 2.45) is 0 Å². The molecule has 2 aromatic rings. The molecule has 0 bridgehead atoms. The number of amides is 1. The Labute approximate surface area is 128 Å². The molecule has 2 rings (SSSR count). The summed E-state index contributed by atoms with van der Waals surface area (Å²) < 4.78 is 5.51. The summed E-state index contributed by atoms with van der Waals surface area (Å²) in [4.78, 5) is 26.3. The van der Waals surface area contributed by atoms with Crippen LogP contribution in [-0.2, 0) is 0 Å². The first-order chi connectivity index (χ1) is 10.0. The fourth-order valence-electron chi connectivity index (χ4n) is 1.62. The normalized spacial score (nSPS) is 10.0. The number of anilines is 1. The van der Waals surface area contributed by atoms with E-state index in [2.05, 4.69) is 26.2 Å². The van der Waals surface area contributed by atoms with Crippen LogP contribution in [0.1, 0.15) is 10.4 Å². The molecule has 1 aromatic heterocycles. The van der Waals surface area contributed by atoms with Crippen molar-refractivity contribution in [1.29, 1.82) is 0 Å². The highest BCUT2D eigenvalue weighted by molar-refractivity contribution is 9.10. The molecule has 0 atom stereocenters. The summed E-state index contributed by atoms with van der Waals surface area (Å²) in [6, 6.07) is 7.41. The van der Waals surface area contributed by atoms with Gasteiger partial charge in [-0.15, -0.1) is 0 Å². The van der Waals surface area contributed by atoms with Crippen molar-refractivity contribution in [2.75, 3.05) is 12.4 Å². The fraction of sp³-hybridized carbons (Fsp3) is 0.0769. The van der Waals surface area contributed by atoms with E-state index in [0.29, 0.717) is 15.9 Å². The predicted molar refractivity (Wildman–Crippen MR) is 79.5 cm³/mol. The molecule has 0 spiro atoms. The van der Waals surface area contributed by atoms with Crippen molar-refractivity contribution in [2.45, 2.75) is 0 Å². The molecule has 0 unspecified atom stereocenters. The number of hydrogen-bond acceptors (Lipinski definition) is 5. The molecule has 0 fully saturated rings. The van der Waals surface area contributed by atoms with E-state index in [-0.39, 0.29) is 11.4 Å². The Balaban J connectivity index is 2.23. The zero-order chi connectivity index (χ0) is 15.4. The SMILES string of the molecule is COc1ccc(NC(=O)c2ccc(Br)nc2)cc1[N+](=O)[O-]. The van der Waals surface area contributed by atoms with Crippen molar-refractivity contribution in [1.82, 2.24) is 4.98 Å². The number of methoxy groups -OCH3 is 1. The van der Waals surface area contributed by atoms with Crippen LogP contribution < -0.4 is 10.1 Å². The van der Waals surface area contributed by atoms with Gasteiger partial charge in [-0.25, -0.2) is 4.98 Å². The number of rotatable bonds is 4. The minimum atomic E-state index is -0.574. The number of nitrogens with zero attached hydrogens (tertiary/aromatic N) is 2. The van der Waals surface area contributed by atoms with Crippen LogP contribution in [0.4, 0.5) is 11.4 Å². The summed E-state index contributed by atoms with van der Waals surface area (Å²) in [6.07, 6.45) is 1.40. The third-order valence-corrected chi connectivity index (χ3v) is 3.09. The van der Waals surface area contributed by atoms with Crippen molar-refractivity contribution in [3.05, 3.63) is 56.8 Å². The van der Waals surface area contributed by atoms with Gasteiger partial charge in [0.25, 0.3) is 5.91 Å². The van der Waals surface area contributed by atoms with Gasteiger partial charge < -0.3 is 10.1 Å². The average molecular weight is 352 g/mol. The Bertz CT molecular complexity index is 688. The van der Waals surface area contributed by atoms with E-state index in [1.54, 1.807) is 12.1 Å². The van der Waals surface area contributed by atoms with E-state index in [0.717, 1.165) is 0 Å². The van der Waals surface area contributed by atoms with E-state index in [1.165, 1.54) is 31.5 Å². The summed E-state index contributed by atoms with van der Waals surface area (Å²) in [5.41, 5.74) is 0.427. The van der Waals surface area contributed by atoms with E-state index < -0.39 is 10.8 Å². The Morgan fingerprint density at radius 3 is 2.71 bits per heavy atom. The van der Waals surface area contributed by atoms with Crippen LogP contribution in [0, 0.1) is 10.1 Å². The molecule has 8 heteroatoms. The quantitative estimate of drug-likeness (QED) is 0.519. The highest BCUT2D eigenvalue weighted by Gasteiger charge is 2.16. The number of benzene rings is 1. The van der Waals surface area contributed by atoms with Gasteiger partial charge in [-0.2, -0.15) is 0 Å². The fourth-order valence-corrected chi connectivity index (χ4v) is 1.86. The zero-order valence-corrected chi connectivity index (χ0v) is 12.5. The summed E-state index contributed by atoms with van der Waals surface area (Å²) in [6.45, 7) is 0. The van der Waals surface area contributed by atoms with Crippen LogP contribution in [0.15, 0.2) is 41.1 Å². The molecule has 1 heterocycles. The largest absolute Gasteiger partial charge is 0.490 e. The van der Waals surface area contributed by atoms with Gasteiger partial charge in [0.1, 0.15) is 4.60 Å². The first-order valence-corrected chi connectivity index (χ1v) is 6.56. The smallest absolute Gasteiger partial charge is 0.312 e. The molecule has 0 aliphatic heterocycles.